The number of benzene rings is 1. The van der Waals surface area contributed by atoms with Gasteiger partial charge in [-0.25, -0.2) is 4.39 Å². The van der Waals surface area contributed by atoms with E-state index in [1.165, 1.54) is 17.8 Å². The number of likely N-dealkylation sites (tertiary alicyclic amines) is 1. The van der Waals surface area contributed by atoms with Crippen LogP contribution in [0.15, 0.2) is 48.8 Å². The van der Waals surface area contributed by atoms with E-state index in [9.17, 15) is 14.0 Å². The fourth-order valence-electron chi connectivity index (χ4n) is 3.01. The zero-order chi connectivity index (χ0) is 17.6. The maximum Gasteiger partial charge on any atom is 0.255 e. The highest BCUT2D eigenvalue weighted by Crippen LogP contribution is 2.14. The van der Waals surface area contributed by atoms with E-state index in [-0.39, 0.29) is 11.5 Å². The number of aryl methyl sites for hydroxylation is 1. The molecule has 1 atom stereocenters. The Morgan fingerprint density at radius 1 is 1.28 bits per heavy atom. The van der Waals surface area contributed by atoms with Gasteiger partial charge in [0.25, 0.3) is 5.91 Å². The quantitative estimate of drug-likeness (QED) is 0.876. The molecule has 1 fully saturated rings. The normalized spacial score (nSPS) is 16.9. The summed E-state index contributed by atoms with van der Waals surface area (Å²) in [5.74, 6) is -1.37. The van der Waals surface area contributed by atoms with Gasteiger partial charge >= 0.3 is 0 Å². The Kier molecular flexibility index (Phi) is 5.38. The summed E-state index contributed by atoms with van der Waals surface area (Å²) >= 11 is 0. The fraction of sp³-hybridized carbons (Fsp3) is 0.316. The molecule has 1 aromatic carbocycles. The molecule has 0 saturated carbocycles. The van der Waals surface area contributed by atoms with E-state index in [4.69, 9.17) is 0 Å². The van der Waals surface area contributed by atoms with Crippen LogP contribution in [-0.2, 0) is 11.2 Å². The van der Waals surface area contributed by atoms with Gasteiger partial charge in [-0.2, -0.15) is 0 Å². The minimum Gasteiger partial charge on any atom is -0.341 e. The number of carbonyl (C=O) groups excluding carboxylic acids is 2. The summed E-state index contributed by atoms with van der Waals surface area (Å²) in [6.07, 6.45) is 4.66. The number of nitrogens with zero attached hydrogens (tertiary/aromatic N) is 2. The van der Waals surface area contributed by atoms with Gasteiger partial charge in [0.1, 0.15) is 6.04 Å². The minimum atomic E-state index is -0.690. The predicted molar refractivity (Wildman–Crippen MR) is 91.4 cm³/mol. The number of rotatable bonds is 6. The topological polar surface area (TPSA) is 62.3 Å². The van der Waals surface area contributed by atoms with E-state index < -0.39 is 17.8 Å². The van der Waals surface area contributed by atoms with E-state index >= 15 is 0 Å². The molecule has 0 radical (unpaired) electrons. The number of carbonyl (C=O) groups is 2. The van der Waals surface area contributed by atoms with Crippen LogP contribution in [-0.4, -0.2) is 40.8 Å². The molecule has 3 rings (SSSR count). The highest BCUT2D eigenvalue weighted by Gasteiger charge is 2.32. The Balaban J connectivity index is 1.50. The van der Waals surface area contributed by atoms with Crippen molar-refractivity contribution in [1.82, 2.24) is 15.2 Å². The molecule has 1 N–H and O–H groups in total. The summed E-state index contributed by atoms with van der Waals surface area (Å²) < 4.78 is 13.6. The van der Waals surface area contributed by atoms with Crippen molar-refractivity contribution in [3.05, 3.63) is 65.7 Å². The fourth-order valence-corrected chi connectivity index (χ4v) is 3.01. The van der Waals surface area contributed by atoms with E-state index in [0.29, 0.717) is 19.5 Å². The second kappa shape index (κ2) is 7.88. The van der Waals surface area contributed by atoms with Crippen LogP contribution in [0.3, 0.4) is 0 Å². The first-order valence-electron chi connectivity index (χ1n) is 8.38. The van der Waals surface area contributed by atoms with Crippen molar-refractivity contribution in [2.24, 2.45) is 0 Å². The van der Waals surface area contributed by atoms with Gasteiger partial charge in [0.2, 0.25) is 5.91 Å². The number of halogens is 1. The number of aromatic nitrogens is 1. The van der Waals surface area contributed by atoms with Gasteiger partial charge in [-0.3, -0.25) is 14.6 Å². The molecule has 1 aliphatic heterocycles. The monoisotopic (exact) mass is 341 g/mol. The predicted octanol–water partition coefficient (Wildman–Crippen LogP) is 2.18. The van der Waals surface area contributed by atoms with Crippen molar-refractivity contribution in [2.45, 2.75) is 25.3 Å². The SMILES string of the molecule is O=C(NC1CCN(CCCc2ccccc2)C1=O)c1ccncc1F. The van der Waals surface area contributed by atoms with E-state index in [1.807, 2.05) is 18.2 Å². The molecule has 6 heteroatoms. The summed E-state index contributed by atoms with van der Waals surface area (Å²) in [6.45, 7) is 1.26. The molecule has 2 amide bonds. The lowest BCUT2D eigenvalue weighted by Gasteiger charge is -2.17. The summed E-state index contributed by atoms with van der Waals surface area (Å²) in [4.78, 5) is 29.9. The molecule has 5 nitrogen and oxygen atoms in total. The first kappa shape index (κ1) is 17.1. The van der Waals surface area contributed by atoms with Crippen LogP contribution >= 0.6 is 0 Å². The maximum absolute atomic E-state index is 13.6. The second-order valence-electron chi connectivity index (χ2n) is 6.08. The number of pyridine rings is 1. The lowest BCUT2D eigenvalue weighted by molar-refractivity contribution is -0.129. The van der Waals surface area contributed by atoms with Crippen LogP contribution in [0.5, 0.6) is 0 Å². The highest BCUT2D eigenvalue weighted by molar-refractivity contribution is 5.98. The molecule has 130 valence electrons. The molecule has 1 saturated heterocycles. The Morgan fingerprint density at radius 3 is 2.84 bits per heavy atom. The zero-order valence-corrected chi connectivity index (χ0v) is 13.8. The van der Waals surface area contributed by atoms with Crippen LogP contribution in [0.4, 0.5) is 4.39 Å². The van der Waals surface area contributed by atoms with Gasteiger partial charge in [-0.15, -0.1) is 0 Å². The van der Waals surface area contributed by atoms with Crippen molar-refractivity contribution in [1.29, 1.82) is 0 Å². The summed E-state index contributed by atoms with van der Waals surface area (Å²) in [6, 6.07) is 10.8. The number of hydrogen-bond donors (Lipinski definition) is 1. The first-order chi connectivity index (χ1) is 12.1. The van der Waals surface area contributed by atoms with Gasteiger partial charge in [0.15, 0.2) is 5.82 Å². The first-order valence-corrected chi connectivity index (χ1v) is 8.38. The molecule has 25 heavy (non-hydrogen) atoms. The van der Waals surface area contributed by atoms with Gasteiger partial charge in [0.05, 0.1) is 11.8 Å². The Hall–Kier alpha value is -2.76. The molecule has 2 heterocycles. The molecule has 0 spiro atoms. The molecule has 1 unspecified atom stereocenters. The van der Waals surface area contributed by atoms with Crippen molar-refractivity contribution in [3.63, 3.8) is 0 Å². The zero-order valence-electron chi connectivity index (χ0n) is 13.8. The van der Waals surface area contributed by atoms with Crippen LogP contribution in [0.1, 0.15) is 28.8 Å². The van der Waals surface area contributed by atoms with Crippen molar-refractivity contribution < 1.29 is 14.0 Å². The van der Waals surface area contributed by atoms with Crippen LogP contribution in [0.2, 0.25) is 0 Å². The summed E-state index contributed by atoms with van der Waals surface area (Å²) in [7, 11) is 0. The van der Waals surface area contributed by atoms with Crippen LogP contribution in [0.25, 0.3) is 0 Å². The van der Waals surface area contributed by atoms with Crippen LogP contribution < -0.4 is 5.32 Å². The van der Waals surface area contributed by atoms with E-state index in [2.05, 4.69) is 22.4 Å². The average molecular weight is 341 g/mol. The second-order valence-corrected chi connectivity index (χ2v) is 6.08. The number of hydrogen-bond acceptors (Lipinski definition) is 3. The maximum atomic E-state index is 13.6. The van der Waals surface area contributed by atoms with Gasteiger partial charge in [0, 0.05) is 19.3 Å². The smallest absolute Gasteiger partial charge is 0.255 e. The van der Waals surface area contributed by atoms with Crippen LogP contribution in [0, 0.1) is 5.82 Å². The third-order valence-electron chi connectivity index (χ3n) is 4.36. The number of nitrogens with one attached hydrogen (secondary N) is 1. The minimum absolute atomic E-state index is 0.0923. The largest absolute Gasteiger partial charge is 0.341 e. The average Bonchev–Trinajstić information content (AvgIpc) is 2.96. The Labute approximate surface area is 145 Å². The molecular weight excluding hydrogens is 321 g/mol. The summed E-state index contributed by atoms with van der Waals surface area (Å²) in [5.41, 5.74) is 1.15. The molecule has 0 bridgehead atoms. The van der Waals surface area contributed by atoms with E-state index in [0.717, 1.165) is 19.0 Å². The molecule has 1 aliphatic rings. The third kappa shape index (κ3) is 4.21. The van der Waals surface area contributed by atoms with Crippen molar-refractivity contribution >= 4 is 11.8 Å². The Bertz CT molecular complexity index is 751. The highest BCUT2D eigenvalue weighted by atomic mass is 19.1. The summed E-state index contributed by atoms with van der Waals surface area (Å²) in [5, 5.41) is 2.63. The number of amides is 2. The van der Waals surface area contributed by atoms with Gasteiger partial charge < -0.3 is 10.2 Å². The van der Waals surface area contributed by atoms with Crippen molar-refractivity contribution in [3.8, 4) is 0 Å². The molecular formula is C19H20FN3O2. The van der Waals surface area contributed by atoms with Gasteiger partial charge in [-0.05, 0) is 30.9 Å². The molecule has 0 aliphatic carbocycles. The lowest BCUT2D eigenvalue weighted by atomic mass is 10.1. The third-order valence-corrected chi connectivity index (χ3v) is 4.36. The van der Waals surface area contributed by atoms with Crippen molar-refractivity contribution in [2.75, 3.05) is 13.1 Å². The van der Waals surface area contributed by atoms with Gasteiger partial charge in [-0.1, -0.05) is 30.3 Å². The lowest BCUT2D eigenvalue weighted by Crippen LogP contribution is -2.42. The molecule has 1 aromatic heterocycles. The van der Waals surface area contributed by atoms with E-state index in [1.54, 1.807) is 4.90 Å². The molecule has 2 aromatic rings. The Morgan fingerprint density at radius 2 is 2.08 bits per heavy atom. The standard InChI is InChI=1S/C19H20FN3O2/c20-16-13-21-10-8-15(16)18(24)22-17-9-12-23(19(17)25)11-4-7-14-5-2-1-3-6-14/h1-3,5-6,8,10,13,17H,4,7,9,11-12H2,(H,22,24).